The molecular formula is C23H27ClZr2. The summed E-state index contributed by atoms with van der Waals surface area (Å²) in [6.45, 7) is 2.19. The fourth-order valence-corrected chi connectivity index (χ4v) is 16.7. The van der Waals surface area contributed by atoms with Crippen molar-refractivity contribution < 1.29 is 43.5 Å². The van der Waals surface area contributed by atoms with Crippen LogP contribution in [0.1, 0.15) is 32.6 Å². The van der Waals surface area contributed by atoms with E-state index in [0.717, 1.165) is 12.8 Å². The van der Waals surface area contributed by atoms with Crippen LogP contribution in [0.5, 0.6) is 0 Å². The molecule has 0 heterocycles. The topological polar surface area (TPSA) is 0 Å². The monoisotopic (exact) mass is 518 g/mol. The normalized spacial score (nSPS) is 21.2. The quantitative estimate of drug-likeness (QED) is 0.336. The van der Waals surface area contributed by atoms with Gasteiger partial charge in [-0.2, -0.15) is 0 Å². The maximum atomic E-state index is 6.50. The van der Waals surface area contributed by atoms with E-state index in [1.54, 1.807) is 13.1 Å². The summed E-state index contributed by atoms with van der Waals surface area (Å²) in [5.74, 6) is 0. The van der Waals surface area contributed by atoms with Gasteiger partial charge in [0.15, 0.2) is 0 Å². The molecule has 0 aromatic carbocycles. The van der Waals surface area contributed by atoms with Gasteiger partial charge in [-0.15, -0.1) is 0 Å². The first-order chi connectivity index (χ1) is 12.6. The van der Waals surface area contributed by atoms with Gasteiger partial charge < -0.3 is 0 Å². The van der Waals surface area contributed by atoms with Gasteiger partial charge in [0.25, 0.3) is 0 Å². The van der Waals surface area contributed by atoms with Crippen LogP contribution in [0, 0.1) is 0 Å². The number of allylic oxidation sites excluding steroid dienone is 16. The predicted molar refractivity (Wildman–Crippen MR) is 109 cm³/mol. The van der Waals surface area contributed by atoms with Crippen LogP contribution in [0.15, 0.2) is 86.0 Å². The third-order valence-electron chi connectivity index (χ3n) is 5.54. The number of rotatable bonds is 5. The van der Waals surface area contributed by atoms with E-state index in [0.29, 0.717) is 3.08 Å². The van der Waals surface area contributed by atoms with Crippen LogP contribution in [0.2, 0.25) is 4.63 Å². The Morgan fingerprint density at radius 2 is 1.19 bits per heavy atom. The first kappa shape index (κ1) is 20.7. The Kier molecular flexibility index (Phi) is 7.93. The van der Waals surface area contributed by atoms with Crippen molar-refractivity contribution in [1.29, 1.82) is 0 Å². The second-order valence-corrected chi connectivity index (χ2v) is 23.8. The molecule has 0 N–H and O–H groups in total. The molecule has 134 valence electrons. The van der Waals surface area contributed by atoms with E-state index < -0.39 is 20.3 Å². The minimum atomic E-state index is -2.43. The molecule has 0 radical (unpaired) electrons. The van der Waals surface area contributed by atoms with Gasteiger partial charge >= 0.3 is 181 Å². The minimum absolute atomic E-state index is 0.312. The number of hydrogen-bond donors (Lipinski definition) is 0. The second-order valence-electron chi connectivity index (χ2n) is 7.24. The van der Waals surface area contributed by atoms with Crippen molar-refractivity contribution in [3.63, 3.8) is 0 Å². The molecule has 0 fully saturated rings. The van der Waals surface area contributed by atoms with Gasteiger partial charge in [-0.3, -0.25) is 0 Å². The molecule has 3 heteroatoms. The zero-order valence-electron chi connectivity index (χ0n) is 15.7. The Bertz CT molecular complexity index is 712. The Balaban J connectivity index is 0.000000158. The molecule has 0 nitrogen and oxygen atoms in total. The van der Waals surface area contributed by atoms with E-state index in [4.69, 9.17) is 11.6 Å². The molecule has 0 aromatic heterocycles. The van der Waals surface area contributed by atoms with E-state index in [-0.39, 0.29) is 23.2 Å². The third-order valence-corrected chi connectivity index (χ3v) is 23.8. The summed E-state index contributed by atoms with van der Waals surface area (Å²) in [6.07, 6.45) is 31.8. The standard InChI is InChI=1S/4C5H5.C2H4Cl.CH3.2Zr/c4*1-2-4-5-3-1;1-2-3;;;/h4*1-3H,4H2;2H,1H3;1H3;;. The molecule has 0 aromatic rings. The Hall–Kier alpha value is -0.0238. The molecule has 1 atom stereocenters. The molecule has 1 unspecified atom stereocenters. The molecule has 0 bridgehead atoms. The summed E-state index contributed by atoms with van der Waals surface area (Å²) in [7, 11) is 0. The van der Waals surface area contributed by atoms with Crippen molar-refractivity contribution in [2.75, 3.05) is 0 Å². The maximum absolute atomic E-state index is 6.50. The van der Waals surface area contributed by atoms with Crippen molar-refractivity contribution >= 4 is 11.6 Å². The van der Waals surface area contributed by atoms with Crippen LogP contribution in [-0.4, -0.2) is 3.08 Å². The van der Waals surface area contributed by atoms with Crippen molar-refractivity contribution in [3.8, 4) is 0 Å². The molecular weight excluding hydrogens is 494 g/mol. The molecule has 26 heavy (non-hydrogen) atoms. The molecule has 0 spiro atoms. The molecule has 4 rings (SSSR count). The molecule has 4 aliphatic rings. The van der Waals surface area contributed by atoms with E-state index in [9.17, 15) is 0 Å². The summed E-state index contributed by atoms with van der Waals surface area (Å²) in [5, 5.41) is 0. The number of halogens is 1. The summed E-state index contributed by atoms with van der Waals surface area (Å²) >= 11 is 3.76. The second kappa shape index (κ2) is 9.96. The molecule has 0 saturated carbocycles. The van der Waals surface area contributed by atoms with Crippen molar-refractivity contribution in [2.24, 2.45) is 0 Å². The Labute approximate surface area is 179 Å². The first-order valence-corrected chi connectivity index (χ1v) is 18.7. The summed E-state index contributed by atoms with van der Waals surface area (Å²) in [5.41, 5.74) is 0. The average Bonchev–Trinajstić information content (AvgIpc) is 3.44. The van der Waals surface area contributed by atoms with Crippen LogP contribution >= 0.6 is 11.6 Å². The van der Waals surface area contributed by atoms with Crippen LogP contribution in [0.4, 0.5) is 0 Å². The van der Waals surface area contributed by atoms with Gasteiger partial charge in [0.05, 0.1) is 0 Å². The zero-order chi connectivity index (χ0) is 18.4. The molecule has 0 amide bonds. The molecule has 4 aliphatic carbocycles. The third kappa shape index (κ3) is 5.07. The summed E-state index contributed by atoms with van der Waals surface area (Å²) in [4.78, 5) is 0. The average molecular weight is 521 g/mol. The fraction of sp³-hybridized carbons (Fsp3) is 0.304. The zero-order valence-corrected chi connectivity index (χ0v) is 21.4. The van der Waals surface area contributed by atoms with E-state index in [1.165, 1.54) is 12.8 Å². The summed E-state index contributed by atoms with van der Waals surface area (Å²) in [6, 6.07) is 0. The van der Waals surface area contributed by atoms with Crippen LogP contribution in [0.3, 0.4) is 0 Å². The van der Waals surface area contributed by atoms with Crippen LogP contribution < -0.4 is 0 Å². The van der Waals surface area contributed by atoms with Gasteiger partial charge in [-0.1, -0.05) is 0 Å². The van der Waals surface area contributed by atoms with Crippen LogP contribution in [-0.2, 0) is 43.5 Å². The van der Waals surface area contributed by atoms with Gasteiger partial charge in [0, 0.05) is 0 Å². The van der Waals surface area contributed by atoms with Gasteiger partial charge in [-0.05, 0) is 0 Å². The van der Waals surface area contributed by atoms with E-state index in [2.05, 4.69) is 84.5 Å². The fourth-order valence-electron chi connectivity index (χ4n) is 3.67. The predicted octanol–water partition coefficient (Wildman–Crippen LogP) is 7.22. The SMILES string of the molecule is C1=CC[C]([Zr][C]2=CC=CC2)=C1.C[CH](Cl)[Zr]([CH3])([C]1=CC=CC1)[C]1=CC=CC1. The van der Waals surface area contributed by atoms with Crippen molar-refractivity contribution in [3.05, 3.63) is 86.0 Å². The number of alkyl halides is 1. The Morgan fingerprint density at radius 1 is 0.769 bits per heavy atom. The number of hydrogen-bond acceptors (Lipinski definition) is 0. The van der Waals surface area contributed by atoms with Gasteiger partial charge in [0.2, 0.25) is 0 Å². The summed E-state index contributed by atoms with van der Waals surface area (Å²) < 4.78 is 9.58. The van der Waals surface area contributed by atoms with Crippen molar-refractivity contribution in [1.82, 2.24) is 0 Å². The van der Waals surface area contributed by atoms with E-state index >= 15 is 0 Å². The van der Waals surface area contributed by atoms with Crippen LogP contribution in [0.25, 0.3) is 0 Å². The van der Waals surface area contributed by atoms with Gasteiger partial charge in [0.1, 0.15) is 0 Å². The molecule has 0 saturated heterocycles. The first-order valence-electron chi connectivity index (χ1n) is 9.45. The molecule has 0 aliphatic heterocycles. The van der Waals surface area contributed by atoms with Gasteiger partial charge in [-0.25, -0.2) is 0 Å². The Morgan fingerprint density at radius 3 is 1.50 bits per heavy atom. The van der Waals surface area contributed by atoms with Crippen molar-refractivity contribution in [2.45, 2.75) is 40.3 Å². The van der Waals surface area contributed by atoms with E-state index in [1.807, 2.05) is 0 Å².